The SMILES string of the molecule is C[C@H](O)[C@H](C)n1ccn(-c2ccc(N3CCN(c4ccc(OC[C@@H]5CO[C@@](Cn6cncn6)(c6ccc(F)cc6F)C5)cc4)CC3)cc2)c1=O. The summed E-state index contributed by atoms with van der Waals surface area (Å²) in [7, 11) is 0. The number of hydrogen-bond donors (Lipinski definition) is 1. The van der Waals surface area contributed by atoms with Gasteiger partial charge in [0.05, 0.1) is 37.6 Å². The molecule has 5 aromatic rings. The zero-order valence-electron chi connectivity index (χ0n) is 28.1. The van der Waals surface area contributed by atoms with Crippen molar-refractivity contribution in [2.75, 3.05) is 49.2 Å². The minimum absolute atomic E-state index is 0.00873. The molecule has 2 saturated heterocycles. The molecule has 0 unspecified atom stereocenters. The average Bonchev–Trinajstić information content (AvgIpc) is 3.88. The molecule has 1 N–H and O–H groups in total. The fourth-order valence-corrected chi connectivity index (χ4v) is 6.93. The van der Waals surface area contributed by atoms with Crippen molar-refractivity contribution in [2.45, 2.75) is 44.6 Å². The predicted octanol–water partition coefficient (Wildman–Crippen LogP) is 4.79. The lowest BCUT2D eigenvalue weighted by Gasteiger charge is -2.37. The zero-order valence-corrected chi connectivity index (χ0v) is 28.1. The highest BCUT2D eigenvalue weighted by atomic mass is 19.1. The van der Waals surface area contributed by atoms with E-state index in [1.807, 2.05) is 43.3 Å². The summed E-state index contributed by atoms with van der Waals surface area (Å²) >= 11 is 0. The summed E-state index contributed by atoms with van der Waals surface area (Å²) in [5.74, 6) is -0.552. The van der Waals surface area contributed by atoms with Crippen LogP contribution < -0.4 is 20.2 Å². The van der Waals surface area contributed by atoms with E-state index in [9.17, 15) is 18.7 Å². The number of hydrogen-bond acceptors (Lipinski definition) is 8. The standard InChI is InChI=1S/C37H41F2N7O4/c1-26(27(2)47)45-17-18-46(36(45)48)32-6-4-30(5-7-32)42-13-15-43(16-14-42)31-8-10-33(11-9-31)49-21-28-20-37(50-22-28,23-44-25-40-24-41-44)34-12-3-29(38)19-35(34)39/h3-12,17-19,24-28,47H,13-16,20-23H2,1-2H3/t26-,27-,28+,37-/m0/s1. The highest BCUT2D eigenvalue weighted by Crippen LogP contribution is 2.42. The van der Waals surface area contributed by atoms with Gasteiger partial charge in [-0.3, -0.25) is 9.13 Å². The lowest BCUT2D eigenvalue weighted by atomic mass is 9.87. The molecule has 13 heteroatoms. The third-order valence-electron chi connectivity index (χ3n) is 9.92. The van der Waals surface area contributed by atoms with E-state index >= 15 is 0 Å². The monoisotopic (exact) mass is 685 g/mol. The number of piperazine rings is 1. The number of rotatable bonds is 11. The maximum absolute atomic E-state index is 15.0. The number of halogens is 2. The van der Waals surface area contributed by atoms with Gasteiger partial charge in [-0.2, -0.15) is 5.10 Å². The Morgan fingerprint density at radius 2 is 1.60 bits per heavy atom. The number of imidazole rings is 1. The second kappa shape index (κ2) is 14.1. The summed E-state index contributed by atoms with van der Waals surface area (Å²) in [6.45, 7) is 7.93. The van der Waals surface area contributed by atoms with Crippen LogP contribution in [0.5, 0.6) is 5.75 Å². The lowest BCUT2D eigenvalue weighted by Crippen LogP contribution is -2.46. The smallest absolute Gasteiger partial charge is 0.333 e. The first kappa shape index (κ1) is 33.5. The number of aliphatic hydroxyl groups is 1. The van der Waals surface area contributed by atoms with E-state index in [2.05, 4.69) is 32.0 Å². The van der Waals surface area contributed by atoms with Gasteiger partial charge in [0.2, 0.25) is 0 Å². The lowest BCUT2D eigenvalue weighted by molar-refractivity contribution is -0.0206. The number of ether oxygens (including phenoxy) is 2. The Kier molecular flexibility index (Phi) is 9.43. The average molecular weight is 686 g/mol. The molecular weight excluding hydrogens is 644 g/mol. The summed E-state index contributed by atoms with van der Waals surface area (Å²) in [6, 6.07) is 19.3. The van der Waals surface area contributed by atoms with Crippen molar-refractivity contribution in [3.05, 3.63) is 119 Å². The normalized spacial score (nSPS) is 20.6. The van der Waals surface area contributed by atoms with Crippen LogP contribution in [0.1, 0.15) is 31.9 Å². The number of benzene rings is 3. The summed E-state index contributed by atoms with van der Waals surface area (Å²) in [6.07, 6.45) is 6.28. The van der Waals surface area contributed by atoms with E-state index in [4.69, 9.17) is 9.47 Å². The van der Waals surface area contributed by atoms with Crippen molar-refractivity contribution in [3.8, 4) is 11.4 Å². The van der Waals surface area contributed by atoms with Crippen molar-refractivity contribution in [3.63, 3.8) is 0 Å². The molecule has 11 nitrogen and oxygen atoms in total. The molecule has 262 valence electrons. The summed E-state index contributed by atoms with van der Waals surface area (Å²) in [4.78, 5) is 21.6. The van der Waals surface area contributed by atoms with Gasteiger partial charge >= 0.3 is 5.69 Å². The third-order valence-corrected chi connectivity index (χ3v) is 9.92. The van der Waals surface area contributed by atoms with Gasteiger partial charge in [-0.25, -0.2) is 23.2 Å². The van der Waals surface area contributed by atoms with E-state index < -0.39 is 23.3 Å². The van der Waals surface area contributed by atoms with Crippen molar-refractivity contribution in [1.82, 2.24) is 23.9 Å². The molecule has 2 fully saturated rings. The maximum Gasteiger partial charge on any atom is 0.333 e. The van der Waals surface area contributed by atoms with Gasteiger partial charge in [-0.1, -0.05) is 6.07 Å². The van der Waals surface area contributed by atoms with Gasteiger partial charge in [-0.05, 0) is 74.9 Å². The Labute approximate surface area is 288 Å². The Hall–Kier alpha value is -5.01. The summed E-state index contributed by atoms with van der Waals surface area (Å²) in [5.41, 5.74) is 2.10. The maximum atomic E-state index is 15.0. The second-order valence-corrected chi connectivity index (χ2v) is 13.2. The molecule has 2 aliphatic rings. The molecule has 0 radical (unpaired) electrons. The quantitative estimate of drug-likeness (QED) is 0.212. The number of aromatic nitrogens is 5. The van der Waals surface area contributed by atoms with Crippen LogP contribution in [-0.4, -0.2) is 74.5 Å². The Bertz CT molecular complexity index is 1940. The molecule has 0 bridgehead atoms. The number of anilines is 2. The van der Waals surface area contributed by atoms with E-state index in [0.29, 0.717) is 25.2 Å². The van der Waals surface area contributed by atoms with Crippen LogP contribution in [0.4, 0.5) is 20.2 Å². The molecule has 7 rings (SSSR count). The Balaban J connectivity index is 0.924. The fourth-order valence-electron chi connectivity index (χ4n) is 6.93. The minimum atomic E-state index is -1.02. The van der Waals surface area contributed by atoms with Crippen LogP contribution in [0.3, 0.4) is 0 Å². The second-order valence-electron chi connectivity index (χ2n) is 13.2. The molecule has 3 aromatic carbocycles. The van der Waals surface area contributed by atoms with Crippen LogP contribution in [0.2, 0.25) is 0 Å². The van der Waals surface area contributed by atoms with E-state index in [1.54, 1.807) is 39.5 Å². The van der Waals surface area contributed by atoms with Crippen molar-refractivity contribution in [2.24, 2.45) is 5.92 Å². The minimum Gasteiger partial charge on any atom is -0.493 e. The first-order valence-corrected chi connectivity index (χ1v) is 16.9. The van der Waals surface area contributed by atoms with Gasteiger partial charge in [0.1, 0.15) is 35.6 Å². The highest BCUT2D eigenvalue weighted by molar-refractivity contribution is 5.55. The summed E-state index contributed by atoms with van der Waals surface area (Å²) in [5, 5.41) is 14.1. The Morgan fingerprint density at radius 3 is 2.22 bits per heavy atom. The molecule has 0 aliphatic carbocycles. The highest BCUT2D eigenvalue weighted by Gasteiger charge is 2.44. The van der Waals surface area contributed by atoms with Crippen molar-refractivity contribution < 1.29 is 23.4 Å². The number of aliphatic hydroxyl groups excluding tert-OH is 1. The fraction of sp³-hybridized carbons (Fsp3) is 0.378. The zero-order chi connectivity index (χ0) is 34.8. The van der Waals surface area contributed by atoms with Crippen LogP contribution in [0.25, 0.3) is 5.69 Å². The molecule has 50 heavy (non-hydrogen) atoms. The van der Waals surface area contributed by atoms with Crippen LogP contribution in [-0.2, 0) is 16.9 Å². The van der Waals surface area contributed by atoms with E-state index in [1.165, 1.54) is 18.5 Å². The van der Waals surface area contributed by atoms with E-state index in [-0.39, 0.29) is 24.2 Å². The van der Waals surface area contributed by atoms with Crippen molar-refractivity contribution >= 4 is 11.4 Å². The molecule has 0 spiro atoms. The van der Waals surface area contributed by atoms with E-state index in [0.717, 1.165) is 55.1 Å². The van der Waals surface area contributed by atoms with Crippen LogP contribution in [0.15, 0.2) is 96.6 Å². The topological polar surface area (TPSA) is 103 Å². The molecule has 2 aromatic heterocycles. The molecule has 2 aliphatic heterocycles. The van der Waals surface area contributed by atoms with Crippen LogP contribution >= 0.6 is 0 Å². The van der Waals surface area contributed by atoms with Gasteiger partial charge in [0.25, 0.3) is 0 Å². The first-order valence-electron chi connectivity index (χ1n) is 16.9. The van der Waals surface area contributed by atoms with Gasteiger partial charge in [0.15, 0.2) is 0 Å². The Morgan fingerprint density at radius 1 is 0.940 bits per heavy atom. The molecule has 4 heterocycles. The van der Waals surface area contributed by atoms with Gasteiger partial charge in [-0.15, -0.1) is 0 Å². The van der Waals surface area contributed by atoms with Gasteiger partial charge < -0.3 is 24.4 Å². The third kappa shape index (κ3) is 6.88. The van der Waals surface area contributed by atoms with Crippen molar-refractivity contribution in [1.29, 1.82) is 0 Å². The predicted molar refractivity (Wildman–Crippen MR) is 185 cm³/mol. The first-order chi connectivity index (χ1) is 24.2. The van der Waals surface area contributed by atoms with Crippen LogP contribution in [0, 0.1) is 17.6 Å². The molecule has 0 saturated carbocycles. The summed E-state index contributed by atoms with van der Waals surface area (Å²) < 4.78 is 45.8. The molecule has 0 amide bonds. The number of nitrogens with zero attached hydrogens (tertiary/aromatic N) is 7. The molecular formula is C37H41F2N7O4. The van der Waals surface area contributed by atoms with Gasteiger partial charge in [0, 0.05) is 67.5 Å². The molecule has 4 atom stereocenters. The largest absolute Gasteiger partial charge is 0.493 e.